The van der Waals surface area contributed by atoms with Crippen LogP contribution in [0.4, 0.5) is 5.69 Å². The first-order valence-electron chi connectivity index (χ1n) is 20.6. The van der Waals surface area contributed by atoms with E-state index in [0.29, 0.717) is 30.6 Å². The van der Waals surface area contributed by atoms with Gasteiger partial charge in [0.15, 0.2) is 5.82 Å². The standard InChI is InChI=1S/C45H47N9O4/c1-25-20-29(8-10-33(25)26(2)48-42(57)43-51-44(52-58-43)45(3)14-15-45)39-38-35-11-9-31(23-36(35)49-40(38)47-24-46-39)53-16-18-54(19-17-53)32-21-30(22-32)27-4-6-28(7-5-27)34-12-13-37(55)50-41(34)56/h4-11,20,23-24,26,30,32,34H,12-19,21-22H2,1-3H3,(H,48,57)(H,46,47,49)(H,50,55,56)/t26-,30?,32?,34+/m1/s1. The van der Waals surface area contributed by atoms with Gasteiger partial charge >= 0.3 is 11.8 Å². The first kappa shape index (κ1) is 36.4. The number of carbonyl (C=O) groups is 3. The summed E-state index contributed by atoms with van der Waals surface area (Å²) in [6, 6.07) is 21.7. The predicted molar refractivity (Wildman–Crippen MR) is 219 cm³/mol. The molecule has 58 heavy (non-hydrogen) atoms. The van der Waals surface area contributed by atoms with Crippen molar-refractivity contribution in [3.8, 4) is 11.3 Å². The highest BCUT2D eigenvalue weighted by Crippen LogP contribution is 2.46. The third-order valence-corrected chi connectivity index (χ3v) is 13.2. The number of aromatic nitrogens is 5. The monoisotopic (exact) mass is 777 g/mol. The number of H-pyrrole nitrogens is 1. The summed E-state index contributed by atoms with van der Waals surface area (Å²) in [5.74, 6) is 0.171. The van der Waals surface area contributed by atoms with Crippen LogP contribution in [0.2, 0.25) is 0 Å². The van der Waals surface area contributed by atoms with Crippen LogP contribution < -0.4 is 15.5 Å². The first-order chi connectivity index (χ1) is 28.1. The summed E-state index contributed by atoms with van der Waals surface area (Å²) in [5, 5.41) is 11.6. The minimum Gasteiger partial charge on any atom is -0.369 e. The quantitative estimate of drug-likeness (QED) is 0.136. The fourth-order valence-corrected chi connectivity index (χ4v) is 9.26. The number of nitrogens with one attached hydrogen (secondary N) is 3. The zero-order chi connectivity index (χ0) is 39.7. The Morgan fingerprint density at radius 3 is 2.48 bits per heavy atom. The van der Waals surface area contributed by atoms with Gasteiger partial charge in [0, 0.05) is 66.2 Å². The molecule has 296 valence electrons. The second-order valence-electron chi connectivity index (χ2n) is 17.1. The number of benzene rings is 3. The molecule has 4 fully saturated rings. The second-order valence-corrected chi connectivity index (χ2v) is 17.1. The van der Waals surface area contributed by atoms with Crippen LogP contribution in [0, 0.1) is 6.92 Å². The zero-order valence-electron chi connectivity index (χ0n) is 33.0. The zero-order valence-corrected chi connectivity index (χ0v) is 33.0. The lowest BCUT2D eigenvalue weighted by molar-refractivity contribution is -0.134. The van der Waals surface area contributed by atoms with E-state index in [-0.39, 0.29) is 41.0 Å². The van der Waals surface area contributed by atoms with Crippen molar-refractivity contribution in [3.63, 3.8) is 0 Å². The molecule has 5 heterocycles. The largest absolute Gasteiger partial charge is 0.369 e. The van der Waals surface area contributed by atoms with Crippen molar-refractivity contribution < 1.29 is 18.9 Å². The average Bonchev–Trinajstić information content (AvgIpc) is 3.58. The Morgan fingerprint density at radius 2 is 1.74 bits per heavy atom. The fourth-order valence-electron chi connectivity index (χ4n) is 9.26. The van der Waals surface area contributed by atoms with E-state index in [1.54, 1.807) is 6.33 Å². The molecule has 3 N–H and O–H groups in total. The molecule has 4 aliphatic rings. The van der Waals surface area contributed by atoms with E-state index in [4.69, 9.17) is 9.51 Å². The summed E-state index contributed by atoms with van der Waals surface area (Å²) >= 11 is 0. The fraction of sp³-hybridized carbons (Fsp3) is 0.400. The van der Waals surface area contributed by atoms with Gasteiger partial charge in [0.25, 0.3) is 0 Å². The maximum absolute atomic E-state index is 13.0. The molecule has 2 atom stereocenters. The van der Waals surface area contributed by atoms with Crippen molar-refractivity contribution in [2.24, 2.45) is 0 Å². The van der Waals surface area contributed by atoms with Crippen LogP contribution in [-0.2, 0) is 15.0 Å². The van der Waals surface area contributed by atoms with Crippen molar-refractivity contribution in [2.75, 3.05) is 31.1 Å². The van der Waals surface area contributed by atoms with E-state index < -0.39 is 0 Å². The molecule has 0 bridgehead atoms. The van der Waals surface area contributed by atoms with E-state index in [1.165, 1.54) is 11.3 Å². The number of anilines is 1. The second kappa shape index (κ2) is 14.2. The number of fused-ring (bicyclic) bond motifs is 3. The van der Waals surface area contributed by atoms with Crippen molar-refractivity contribution in [1.82, 2.24) is 40.6 Å². The van der Waals surface area contributed by atoms with Crippen molar-refractivity contribution in [2.45, 2.75) is 88.6 Å². The number of rotatable bonds is 9. The highest BCUT2D eigenvalue weighted by Gasteiger charge is 2.44. The molecule has 10 rings (SSSR count). The molecular formula is C45H47N9O4. The van der Waals surface area contributed by atoms with Crippen LogP contribution in [0.1, 0.15) is 109 Å². The number of amides is 3. The van der Waals surface area contributed by atoms with Crippen molar-refractivity contribution in [1.29, 1.82) is 0 Å². The Balaban J connectivity index is 0.775. The molecular weight excluding hydrogens is 731 g/mol. The highest BCUT2D eigenvalue weighted by atomic mass is 16.5. The summed E-state index contributed by atoms with van der Waals surface area (Å²) in [5.41, 5.74) is 9.17. The lowest BCUT2D eigenvalue weighted by Gasteiger charge is -2.47. The molecule has 2 aliphatic carbocycles. The van der Waals surface area contributed by atoms with Gasteiger partial charge in [-0.05, 0) is 92.3 Å². The van der Waals surface area contributed by atoms with Crippen LogP contribution in [0.3, 0.4) is 0 Å². The summed E-state index contributed by atoms with van der Waals surface area (Å²) in [6.45, 7) is 10.1. The van der Waals surface area contributed by atoms with E-state index in [2.05, 4.69) is 109 Å². The predicted octanol–water partition coefficient (Wildman–Crippen LogP) is 6.60. The Hall–Kier alpha value is -5.95. The van der Waals surface area contributed by atoms with Crippen LogP contribution in [-0.4, -0.2) is 79.9 Å². The maximum atomic E-state index is 13.0. The highest BCUT2D eigenvalue weighted by molar-refractivity contribution is 6.12. The summed E-state index contributed by atoms with van der Waals surface area (Å²) < 4.78 is 5.29. The number of carbonyl (C=O) groups excluding carboxylic acids is 3. The first-order valence-corrected chi connectivity index (χ1v) is 20.6. The lowest BCUT2D eigenvalue weighted by atomic mass is 9.74. The Bertz CT molecular complexity index is 2580. The van der Waals surface area contributed by atoms with Gasteiger partial charge in [0.2, 0.25) is 11.8 Å². The minimum atomic E-state index is -0.377. The third-order valence-electron chi connectivity index (χ3n) is 13.2. The van der Waals surface area contributed by atoms with Crippen molar-refractivity contribution in [3.05, 3.63) is 101 Å². The molecule has 3 aromatic heterocycles. The van der Waals surface area contributed by atoms with Gasteiger partial charge in [-0.1, -0.05) is 54.5 Å². The van der Waals surface area contributed by atoms with Crippen LogP contribution in [0.25, 0.3) is 33.2 Å². The number of hydrogen-bond acceptors (Lipinski definition) is 10. The minimum absolute atomic E-state index is 0.00467. The average molecular weight is 778 g/mol. The SMILES string of the molecule is Cc1cc(-c2ncnc3[nH]c4cc(N5CCN(C6CC(c7ccc([C@@H]8CCC(=O)NC8=O)cc7)C6)CC5)ccc4c23)ccc1[C@@H](C)NC(=O)c1nc(C2(C)CC2)no1. The van der Waals surface area contributed by atoms with E-state index >= 15 is 0 Å². The van der Waals surface area contributed by atoms with E-state index in [1.807, 2.05) is 13.0 Å². The van der Waals surface area contributed by atoms with Gasteiger partial charge in [0.05, 0.1) is 23.0 Å². The van der Waals surface area contributed by atoms with Gasteiger partial charge in [-0.3, -0.25) is 24.6 Å². The summed E-state index contributed by atoms with van der Waals surface area (Å²) in [4.78, 5) is 59.3. The van der Waals surface area contributed by atoms with Crippen LogP contribution in [0.5, 0.6) is 0 Å². The van der Waals surface area contributed by atoms with Gasteiger partial charge in [-0.25, -0.2) is 9.97 Å². The third kappa shape index (κ3) is 6.60. The smallest absolute Gasteiger partial charge is 0.315 e. The normalized spacial score (nSPS) is 22.5. The molecule has 2 aliphatic heterocycles. The van der Waals surface area contributed by atoms with Gasteiger partial charge in [0.1, 0.15) is 12.0 Å². The Labute approximate surface area is 336 Å². The van der Waals surface area contributed by atoms with E-state index in [0.717, 1.165) is 102 Å². The number of nitrogens with zero attached hydrogens (tertiary/aromatic N) is 6. The van der Waals surface area contributed by atoms with Gasteiger partial charge in [-0.15, -0.1) is 0 Å². The number of piperazine rings is 1. The molecule has 6 aromatic rings. The van der Waals surface area contributed by atoms with Gasteiger partial charge in [-0.2, -0.15) is 4.98 Å². The molecule has 0 radical (unpaired) electrons. The topological polar surface area (TPSA) is 162 Å². The van der Waals surface area contributed by atoms with Crippen LogP contribution in [0.15, 0.2) is 71.5 Å². The molecule has 13 nitrogen and oxygen atoms in total. The van der Waals surface area contributed by atoms with E-state index in [9.17, 15) is 14.4 Å². The summed E-state index contributed by atoms with van der Waals surface area (Å²) in [6.07, 6.45) is 6.91. The number of aryl methyl sites for hydroxylation is 1. The molecule has 2 saturated heterocycles. The molecule has 3 amide bonds. The molecule has 0 unspecified atom stereocenters. The number of imide groups is 1. The van der Waals surface area contributed by atoms with Crippen molar-refractivity contribution >= 4 is 45.3 Å². The molecule has 3 aromatic carbocycles. The Kier molecular flexibility index (Phi) is 8.88. The van der Waals surface area contributed by atoms with Gasteiger partial charge < -0.3 is 19.7 Å². The summed E-state index contributed by atoms with van der Waals surface area (Å²) in [7, 11) is 0. The Morgan fingerprint density at radius 1 is 0.966 bits per heavy atom. The number of piperidine rings is 1. The number of aromatic amines is 1. The molecule has 13 heteroatoms. The lowest BCUT2D eigenvalue weighted by Crippen LogP contribution is -2.53. The molecule has 0 spiro atoms. The van der Waals surface area contributed by atoms with Crippen LogP contribution >= 0.6 is 0 Å². The number of hydrogen-bond donors (Lipinski definition) is 3. The molecule has 2 saturated carbocycles. The maximum Gasteiger partial charge on any atom is 0.315 e.